The van der Waals surface area contributed by atoms with Crippen LogP contribution >= 0.6 is 0 Å². The van der Waals surface area contributed by atoms with Crippen LogP contribution in [0.3, 0.4) is 0 Å². The number of Topliss-reactive ketones (excluding diaryl/α,β-unsaturated/α-hetero) is 2. The van der Waals surface area contributed by atoms with Crippen LogP contribution in [-0.2, 0) is 20.9 Å². The van der Waals surface area contributed by atoms with Crippen molar-refractivity contribution in [2.75, 3.05) is 21.1 Å². The van der Waals surface area contributed by atoms with E-state index in [1.165, 1.54) is 18.2 Å². The number of aliphatic carboxylic acids is 1. The summed E-state index contributed by atoms with van der Waals surface area (Å²) in [4.78, 5) is 37.7. The van der Waals surface area contributed by atoms with Crippen LogP contribution in [-0.4, -0.2) is 53.6 Å². The molecule has 1 rings (SSSR count). The number of rotatable bonds is 9. The van der Waals surface area contributed by atoms with E-state index >= 15 is 0 Å². The predicted molar refractivity (Wildman–Crippen MR) is 91.0 cm³/mol. The number of carbonyl (C=O) groups excluding carboxylic acids is 2. The Kier molecular flexibility index (Phi) is 7.05. The number of hydrogen-bond acceptors (Lipinski definition) is 5. The largest absolute Gasteiger partial charge is 0.475 e. The number of carbonyl (C=O) groups is 3. The first kappa shape index (κ1) is 20.1. The molecule has 0 saturated heterocycles. The van der Waals surface area contributed by atoms with E-state index in [-0.39, 0.29) is 18.1 Å². The highest BCUT2D eigenvalue weighted by Crippen LogP contribution is 2.15. The third-order valence-electron chi connectivity index (χ3n) is 3.47. The molecule has 6 nitrogen and oxygen atoms in total. The van der Waals surface area contributed by atoms with Crippen molar-refractivity contribution < 1.29 is 23.9 Å². The van der Waals surface area contributed by atoms with Gasteiger partial charge in [-0.3, -0.25) is 9.59 Å². The minimum Gasteiger partial charge on any atom is -0.475 e. The fourth-order valence-corrected chi connectivity index (χ4v) is 1.95. The number of halogens is 1. The first-order valence-electron chi connectivity index (χ1n) is 7.44. The van der Waals surface area contributed by atoms with Crippen molar-refractivity contribution in [3.8, 4) is 0 Å². The van der Waals surface area contributed by atoms with Gasteiger partial charge in [0.1, 0.15) is 5.82 Å². The van der Waals surface area contributed by atoms with Gasteiger partial charge in [0.2, 0.25) is 5.78 Å². The number of benzene rings is 1. The number of likely N-dealkylation sites (N-methyl/N-ethyl adjacent to an activating group) is 2. The lowest BCUT2D eigenvalue weighted by molar-refractivity contribution is -0.150. The molecule has 0 spiro atoms. The molecule has 25 heavy (non-hydrogen) atoms. The number of carboxylic acids is 1. The van der Waals surface area contributed by atoms with Gasteiger partial charge in [0.25, 0.3) is 0 Å². The van der Waals surface area contributed by atoms with Gasteiger partial charge in [-0.05, 0) is 23.8 Å². The predicted octanol–water partition coefficient (Wildman–Crippen LogP) is 1.83. The smallest absolute Gasteiger partial charge is 0.372 e. The summed E-state index contributed by atoms with van der Waals surface area (Å²) in [5, 5.41) is 8.69. The Bertz CT molecular complexity index is 708. The topological polar surface area (TPSA) is 77.9 Å². The van der Waals surface area contributed by atoms with Gasteiger partial charge in [0, 0.05) is 33.4 Å². The van der Waals surface area contributed by atoms with Crippen LogP contribution in [0.1, 0.15) is 12.0 Å². The van der Waals surface area contributed by atoms with Crippen molar-refractivity contribution >= 4 is 17.5 Å². The Morgan fingerprint density at radius 2 is 1.68 bits per heavy atom. The Balaban J connectivity index is 3.06. The van der Waals surface area contributed by atoms with Crippen LogP contribution in [0.25, 0.3) is 0 Å². The van der Waals surface area contributed by atoms with Gasteiger partial charge in [-0.15, -0.1) is 0 Å². The second-order valence-electron chi connectivity index (χ2n) is 5.73. The molecule has 0 unspecified atom stereocenters. The first-order valence-corrected chi connectivity index (χ1v) is 7.44. The van der Waals surface area contributed by atoms with Crippen molar-refractivity contribution in [3.05, 3.63) is 59.7 Å². The minimum atomic E-state index is -1.65. The maximum Gasteiger partial charge on any atom is 0.372 e. The maximum absolute atomic E-state index is 13.0. The summed E-state index contributed by atoms with van der Waals surface area (Å²) in [6.07, 6.45) is 0.747. The zero-order valence-corrected chi connectivity index (χ0v) is 14.5. The summed E-state index contributed by atoms with van der Waals surface area (Å²) in [6, 6.07) is 5.77. The fraction of sp³-hybridized carbons (Fsp3) is 0.278. The molecule has 0 heterocycles. The molecular formula is C18H21FN2O4. The normalized spacial score (nSPS) is 11.0. The van der Waals surface area contributed by atoms with Gasteiger partial charge < -0.3 is 14.9 Å². The molecule has 7 heteroatoms. The molecule has 0 aromatic heterocycles. The highest BCUT2D eigenvalue weighted by Gasteiger charge is 2.22. The molecular weight excluding hydrogens is 327 g/mol. The van der Waals surface area contributed by atoms with Gasteiger partial charge in [-0.1, -0.05) is 18.7 Å². The summed E-state index contributed by atoms with van der Waals surface area (Å²) in [7, 11) is 5.11. The second kappa shape index (κ2) is 8.77. The van der Waals surface area contributed by atoms with Gasteiger partial charge in [-0.2, -0.15) is 0 Å². The SMILES string of the molecule is C=C(/C=C(/C(=O)CC(=O)C(=O)O)N(C)Cc1ccc(F)cc1)N(C)C. The van der Waals surface area contributed by atoms with Crippen LogP contribution in [0.5, 0.6) is 0 Å². The Morgan fingerprint density at radius 1 is 1.12 bits per heavy atom. The minimum absolute atomic E-state index is 0.151. The molecule has 0 aliphatic carbocycles. The van der Waals surface area contributed by atoms with E-state index in [2.05, 4.69) is 6.58 Å². The molecule has 1 aromatic carbocycles. The van der Waals surface area contributed by atoms with Crippen molar-refractivity contribution in [1.29, 1.82) is 0 Å². The number of hydrogen-bond donors (Lipinski definition) is 1. The lowest BCUT2D eigenvalue weighted by Crippen LogP contribution is -2.27. The molecule has 0 saturated carbocycles. The molecule has 1 aromatic rings. The third-order valence-corrected chi connectivity index (χ3v) is 3.47. The molecule has 134 valence electrons. The number of allylic oxidation sites excluding steroid dienone is 2. The molecule has 0 atom stereocenters. The summed E-state index contributed by atoms with van der Waals surface area (Å²) in [5.41, 5.74) is 1.41. The Hall–Kier alpha value is -2.96. The molecule has 0 fully saturated rings. The van der Waals surface area contributed by atoms with Crippen molar-refractivity contribution in [3.63, 3.8) is 0 Å². The van der Waals surface area contributed by atoms with Crippen LogP contribution in [0.2, 0.25) is 0 Å². The van der Waals surface area contributed by atoms with Crippen LogP contribution in [0.4, 0.5) is 4.39 Å². The quantitative estimate of drug-likeness (QED) is 0.317. The number of ketones is 2. The molecule has 0 amide bonds. The van der Waals surface area contributed by atoms with E-state index in [0.717, 1.165) is 5.56 Å². The molecule has 0 aliphatic heterocycles. The van der Waals surface area contributed by atoms with Crippen molar-refractivity contribution in [2.45, 2.75) is 13.0 Å². The Morgan fingerprint density at radius 3 is 2.16 bits per heavy atom. The van der Waals surface area contributed by atoms with Crippen LogP contribution in [0, 0.1) is 5.82 Å². The molecule has 0 aliphatic rings. The molecule has 1 N–H and O–H groups in total. The van der Waals surface area contributed by atoms with Crippen molar-refractivity contribution in [2.24, 2.45) is 0 Å². The van der Waals surface area contributed by atoms with Gasteiger partial charge >= 0.3 is 5.97 Å². The Labute approximate surface area is 145 Å². The fourth-order valence-electron chi connectivity index (χ4n) is 1.95. The zero-order valence-electron chi connectivity index (χ0n) is 14.5. The zero-order chi connectivity index (χ0) is 19.1. The molecule has 0 bridgehead atoms. The summed E-state index contributed by atoms with van der Waals surface area (Å²) >= 11 is 0. The third kappa shape index (κ3) is 6.21. The van der Waals surface area contributed by atoms with E-state index < -0.39 is 24.0 Å². The van der Waals surface area contributed by atoms with E-state index in [1.807, 2.05) is 0 Å². The van der Waals surface area contributed by atoms with E-state index in [0.29, 0.717) is 5.70 Å². The van der Waals surface area contributed by atoms with Crippen LogP contribution in [0.15, 0.2) is 48.3 Å². The standard InChI is InChI=1S/C18H21FN2O4/c1-12(20(2)3)9-15(16(22)10-17(23)18(24)25)21(4)11-13-5-7-14(19)8-6-13/h5-9H,1,10-11H2,2-4H3,(H,24,25)/b15-9-. The first-order chi connectivity index (χ1) is 11.6. The average Bonchev–Trinajstić information content (AvgIpc) is 2.53. The summed E-state index contributed by atoms with van der Waals surface area (Å²) in [6.45, 7) is 4.09. The highest BCUT2D eigenvalue weighted by atomic mass is 19.1. The lowest BCUT2D eigenvalue weighted by Gasteiger charge is -2.23. The van der Waals surface area contributed by atoms with Gasteiger partial charge in [-0.25, -0.2) is 9.18 Å². The van der Waals surface area contributed by atoms with Crippen LogP contribution < -0.4 is 0 Å². The van der Waals surface area contributed by atoms with E-state index in [9.17, 15) is 18.8 Å². The summed E-state index contributed by atoms with van der Waals surface area (Å²) in [5.74, 6) is -3.83. The number of carboxylic acid groups (broad SMARTS) is 1. The summed E-state index contributed by atoms with van der Waals surface area (Å²) < 4.78 is 13.0. The average molecular weight is 348 g/mol. The van der Waals surface area contributed by atoms with Gasteiger partial charge in [0.05, 0.1) is 12.1 Å². The lowest BCUT2D eigenvalue weighted by atomic mass is 10.1. The maximum atomic E-state index is 13.0. The molecule has 0 radical (unpaired) electrons. The van der Waals surface area contributed by atoms with E-state index in [4.69, 9.17) is 5.11 Å². The van der Waals surface area contributed by atoms with E-state index in [1.54, 1.807) is 43.1 Å². The number of nitrogens with zero attached hydrogens (tertiary/aromatic N) is 2. The van der Waals surface area contributed by atoms with Crippen molar-refractivity contribution in [1.82, 2.24) is 9.80 Å². The van der Waals surface area contributed by atoms with Gasteiger partial charge in [0.15, 0.2) is 5.78 Å². The highest BCUT2D eigenvalue weighted by molar-refractivity contribution is 6.37. The second-order valence-corrected chi connectivity index (χ2v) is 5.73. The monoisotopic (exact) mass is 348 g/mol.